The molecular weight excluding hydrogens is 414 g/mol. The minimum absolute atomic E-state index is 0.000805. The number of amides is 1. The molecule has 0 unspecified atom stereocenters. The Morgan fingerprint density at radius 1 is 1.23 bits per heavy atom. The summed E-state index contributed by atoms with van der Waals surface area (Å²) in [6.07, 6.45) is -2.08. The van der Waals surface area contributed by atoms with Crippen LogP contribution < -0.4 is 4.90 Å². The van der Waals surface area contributed by atoms with E-state index >= 15 is 0 Å². The van der Waals surface area contributed by atoms with Gasteiger partial charge in [-0.25, -0.2) is 18.6 Å². The van der Waals surface area contributed by atoms with Crippen LogP contribution in [-0.2, 0) is 4.74 Å². The lowest BCUT2D eigenvalue weighted by Gasteiger charge is -2.58. The number of fused-ring (bicyclic) bond motifs is 3. The van der Waals surface area contributed by atoms with E-state index in [9.17, 15) is 13.6 Å². The number of halogens is 3. The third-order valence-corrected chi connectivity index (χ3v) is 6.50. The van der Waals surface area contributed by atoms with Crippen molar-refractivity contribution in [1.29, 1.82) is 0 Å². The van der Waals surface area contributed by atoms with Crippen molar-refractivity contribution in [2.45, 2.75) is 64.1 Å². The molecule has 0 saturated carbocycles. The summed E-state index contributed by atoms with van der Waals surface area (Å²) in [7, 11) is 0. The Bertz CT molecular complexity index is 824. The highest BCUT2D eigenvalue weighted by Gasteiger charge is 2.48. The van der Waals surface area contributed by atoms with E-state index in [2.05, 4.69) is 14.8 Å². The molecule has 6 nitrogen and oxygen atoms in total. The molecule has 0 aromatic carbocycles. The van der Waals surface area contributed by atoms with E-state index in [0.29, 0.717) is 24.7 Å². The summed E-state index contributed by atoms with van der Waals surface area (Å²) in [4.78, 5) is 22.6. The second kappa shape index (κ2) is 7.79. The highest BCUT2D eigenvalue weighted by molar-refractivity contribution is 6.29. The monoisotopic (exact) mass is 442 g/mol. The van der Waals surface area contributed by atoms with E-state index in [1.807, 2.05) is 27.7 Å². The fraction of sp³-hybridized carbons (Fsp3) is 0.714. The first-order valence-corrected chi connectivity index (χ1v) is 10.9. The average Bonchev–Trinajstić information content (AvgIpc) is 2.63. The molecule has 1 aromatic heterocycles. The van der Waals surface area contributed by atoms with Gasteiger partial charge in [-0.15, -0.1) is 0 Å². The number of aromatic nitrogens is 1. The predicted octanol–water partition coefficient (Wildman–Crippen LogP) is 4.29. The first kappa shape index (κ1) is 21.6. The minimum Gasteiger partial charge on any atom is -0.444 e. The molecule has 3 atom stereocenters. The van der Waals surface area contributed by atoms with E-state index in [4.69, 9.17) is 16.3 Å². The normalized spacial score (nSPS) is 26.9. The van der Waals surface area contributed by atoms with Crippen LogP contribution in [0.4, 0.5) is 19.3 Å². The zero-order valence-corrected chi connectivity index (χ0v) is 18.6. The highest BCUT2D eigenvalue weighted by atomic mass is 35.5. The van der Waals surface area contributed by atoms with Gasteiger partial charge in [-0.1, -0.05) is 18.5 Å². The van der Waals surface area contributed by atoms with Crippen LogP contribution >= 0.6 is 11.6 Å². The van der Waals surface area contributed by atoms with Crippen LogP contribution in [0.25, 0.3) is 0 Å². The molecule has 2 saturated heterocycles. The maximum absolute atomic E-state index is 13.5. The van der Waals surface area contributed by atoms with Gasteiger partial charge in [-0.3, -0.25) is 4.90 Å². The van der Waals surface area contributed by atoms with Crippen molar-refractivity contribution in [3.63, 3.8) is 0 Å². The number of carbonyl (C=O) groups is 1. The molecule has 4 heterocycles. The minimum atomic E-state index is -2.63. The van der Waals surface area contributed by atoms with Crippen LogP contribution in [0.2, 0.25) is 5.15 Å². The fourth-order valence-corrected chi connectivity index (χ4v) is 5.12. The maximum atomic E-state index is 13.5. The van der Waals surface area contributed by atoms with Gasteiger partial charge < -0.3 is 14.5 Å². The fourth-order valence-electron chi connectivity index (χ4n) is 4.93. The van der Waals surface area contributed by atoms with Gasteiger partial charge in [0.15, 0.2) is 0 Å². The second-order valence-corrected chi connectivity index (χ2v) is 9.88. The Morgan fingerprint density at radius 3 is 2.50 bits per heavy atom. The SMILES string of the molecule is C[C@H]1C[C@H]2[C@H](N3CCN(C(=O)OC(C)(C)C)CC3)CN2c2cc(Cl)nc(C(F)F)c21. The number of hydrogen-bond acceptors (Lipinski definition) is 5. The zero-order chi connectivity index (χ0) is 21.8. The zero-order valence-electron chi connectivity index (χ0n) is 17.9. The summed E-state index contributed by atoms with van der Waals surface area (Å²) in [6, 6.07) is 2.34. The lowest BCUT2D eigenvalue weighted by atomic mass is 9.77. The second-order valence-electron chi connectivity index (χ2n) is 9.49. The quantitative estimate of drug-likeness (QED) is 0.639. The summed E-state index contributed by atoms with van der Waals surface area (Å²) < 4.78 is 32.5. The molecule has 0 bridgehead atoms. The molecule has 3 aliphatic rings. The number of hydrogen-bond donors (Lipinski definition) is 0. The van der Waals surface area contributed by atoms with E-state index in [0.717, 1.165) is 31.7 Å². The van der Waals surface area contributed by atoms with Gasteiger partial charge in [0.25, 0.3) is 6.43 Å². The third kappa shape index (κ3) is 3.96. The molecule has 1 aromatic rings. The molecule has 0 aliphatic carbocycles. The molecule has 166 valence electrons. The Labute approximate surface area is 181 Å². The van der Waals surface area contributed by atoms with Gasteiger partial charge in [0.1, 0.15) is 16.4 Å². The van der Waals surface area contributed by atoms with Crippen LogP contribution in [-0.4, -0.2) is 71.3 Å². The van der Waals surface area contributed by atoms with E-state index < -0.39 is 12.0 Å². The van der Waals surface area contributed by atoms with Crippen molar-refractivity contribution >= 4 is 23.4 Å². The average molecular weight is 443 g/mol. The summed E-state index contributed by atoms with van der Waals surface area (Å²) in [5.74, 6) is 0.000805. The molecule has 9 heteroatoms. The lowest BCUT2D eigenvalue weighted by Crippen LogP contribution is -2.70. The van der Waals surface area contributed by atoms with Crippen LogP contribution in [0.15, 0.2) is 6.07 Å². The summed E-state index contributed by atoms with van der Waals surface area (Å²) >= 11 is 6.06. The number of piperazine rings is 1. The summed E-state index contributed by atoms with van der Waals surface area (Å²) in [5.41, 5.74) is 0.760. The largest absolute Gasteiger partial charge is 0.444 e. The first-order valence-electron chi connectivity index (χ1n) is 10.5. The van der Waals surface area contributed by atoms with Gasteiger partial charge in [0, 0.05) is 56.1 Å². The maximum Gasteiger partial charge on any atom is 0.410 e. The smallest absolute Gasteiger partial charge is 0.410 e. The van der Waals surface area contributed by atoms with Crippen molar-refractivity contribution in [3.05, 3.63) is 22.5 Å². The standard InChI is InChI=1S/C21H29ClF2N4O2/c1-12-9-13-15(26-5-7-27(8-6-26)20(29)30-21(2,3)4)11-28(13)14-10-16(22)25-18(17(12)14)19(23)24/h10,12-13,15,19H,5-9,11H2,1-4H3/t12-,13-,15+/m0/s1. The summed E-state index contributed by atoms with van der Waals surface area (Å²) in [5, 5.41) is 0.117. The molecule has 3 aliphatic heterocycles. The number of nitrogens with zero attached hydrogens (tertiary/aromatic N) is 4. The lowest BCUT2D eigenvalue weighted by molar-refractivity contribution is 0.00399. The van der Waals surface area contributed by atoms with Gasteiger partial charge in [-0.2, -0.15) is 0 Å². The molecule has 1 amide bonds. The van der Waals surface area contributed by atoms with E-state index in [-0.39, 0.29) is 28.9 Å². The third-order valence-electron chi connectivity index (χ3n) is 6.30. The molecular formula is C21H29ClF2N4O2. The number of rotatable bonds is 2. The van der Waals surface area contributed by atoms with Crippen LogP contribution in [0.3, 0.4) is 0 Å². The van der Waals surface area contributed by atoms with Crippen LogP contribution in [0, 0.1) is 0 Å². The number of anilines is 1. The van der Waals surface area contributed by atoms with Crippen molar-refractivity contribution in [3.8, 4) is 0 Å². The van der Waals surface area contributed by atoms with Crippen molar-refractivity contribution in [1.82, 2.24) is 14.8 Å². The number of ether oxygens (including phenoxy) is 1. The molecule has 2 fully saturated rings. The Balaban J connectivity index is 1.43. The van der Waals surface area contributed by atoms with Crippen LogP contribution in [0.1, 0.15) is 57.7 Å². The number of carbonyl (C=O) groups excluding carboxylic acids is 1. The van der Waals surface area contributed by atoms with Gasteiger partial charge >= 0.3 is 6.09 Å². The molecule has 0 N–H and O–H groups in total. The van der Waals surface area contributed by atoms with Gasteiger partial charge in [-0.05, 0) is 39.2 Å². The number of alkyl halides is 2. The topological polar surface area (TPSA) is 48.9 Å². The highest BCUT2D eigenvalue weighted by Crippen LogP contribution is 2.48. The van der Waals surface area contributed by atoms with Crippen LogP contribution in [0.5, 0.6) is 0 Å². The first-order chi connectivity index (χ1) is 14.0. The Hall–Kier alpha value is -1.67. The van der Waals surface area contributed by atoms with Crippen molar-refractivity contribution < 1.29 is 18.3 Å². The van der Waals surface area contributed by atoms with Crippen molar-refractivity contribution in [2.75, 3.05) is 37.6 Å². The number of pyridine rings is 1. The molecule has 0 radical (unpaired) electrons. The molecule has 4 rings (SSSR count). The Kier molecular flexibility index (Phi) is 5.60. The van der Waals surface area contributed by atoms with Crippen molar-refractivity contribution in [2.24, 2.45) is 0 Å². The van der Waals surface area contributed by atoms with E-state index in [1.54, 1.807) is 11.0 Å². The predicted molar refractivity (Wildman–Crippen MR) is 112 cm³/mol. The summed E-state index contributed by atoms with van der Waals surface area (Å²) in [6.45, 7) is 11.2. The molecule has 0 spiro atoms. The molecule has 30 heavy (non-hydrogen) atoms. The Morgan fingerprint density at radius 2 is 1.90 bits per heavy atom. The van der Waals surface area contributed by atoms with E-state index in [1.165, 1.54) is 0 Å². The van der Waals surface area contributed by atoms with Gasteiger partial charge in [0.2, 0.25) is 0 Å². The van der Waals surface area contributed by atoms with Gasteiger partial charge in [0.05, 0.1) is 0 Å².